The lowest BCUT2D eigenvalue weighted by Gasteiger charge is -2.25. The van der Waals surface area contributed by atoms with Gasteiger partial charge in [-0.15, -0.1) is 11.3 Å². The molecule has 1 N–H and O–H groups in total. The Kier molecular flexibility index (Phi) is 6.08. The van der Waals surface area contributed by atoms with Crippen molar-refractivity contribution in [2.75, 3.05) is 31.0 Å². The van der Waals surface area contributed by atoms with Gasteiger partial charge in [0.15, 0.2) is 0 Å². The van der Waals surface area contributed by atoms with Gasteiger partial charge in [-0.2, -0.15) is 4.98 Å². The molecule has 1 aromatic carbocycles. The normalized spacial score (nSPS) is 14.7. The smallest absolute Gasteiger partial charge is 0.316 e. The van der Waals surface area contributed by atoms with Gasteiger partial charge in [0.25, 0.3) is 10.0 Å². The molecule has 0 saturated carbocycles. The second kappa shape index (κ2) is 8.77. The van der Waals surface area contributed by atoms with Gasteiger partial charge in [-0.1, -0.05) is 31.1 Å². The average Bonchev–Trinajstić information content (AvgIpc) is 3.44. The van der Waals surface area contributed by atoms with Crippen LogP contribution in [0.1, 0.15) is 36.0 Å². The zero-order valence-electron chi connectivity index (χ0n) is 17.1. The van der Waals surface area contributed by atoms with Crippen molar-refractivity contribution in [2.24, 2.45) is 0 Å². The number of carbonyl (C=O) groups is 1. The summed E-state index contributed by atoms with van der Waals surface area (Å²) in [5.74, 6) is 0.0311. The molecule has 164 valence electrons. The third-order valence-corrected chi connectivity index (χ3v) is 7.66. The molecule has 1 fully saturated rings. The Hall–Kier alpha value is -2.76. The van der Waals surface area contributed by atoms with Gasteiger partial charge in [0.05, 0.1) is 13.2 Å². The van der Waals surface area contributed by atoms with Crippen molar-refractivity contribution in [1.82, 2.24) is 15.0 Å². The first kappa shape index (κ1) is 21.5. The first-order valence-corrected chi connectivity index (χ1v) is 12.1. The second-order valence-corrected chi connectivity index (χ2v) is 10.2. The highest BCUT2D eigenvalue weighted by Crippen LogP contribution is 2.29. The van der Waals surface area contributed by atoms with Gasteiger partial charge in [0, 0.05) is 29.7 Å². The summed E-state index contributed by atoms with van der Waals surface area (Å²) >= 11 is 1.04. The first-order valence-electron chi connectivity index (χ1n) is 9.76. The van der Waals surface area contributed by atoms with E-state index < -0.39 is 10.0 Å². The molecule has 1 aliphatic rings. The Morgan fingerprint density at radius 1 is 1.19 bits per heavy atom. The van der Waals surface area contributed by atoms with Crippen LogP contribution in [0.15, 0.2) is 44.4 Å². The standard InChI is InChI=1S/C20H22N4O5S2/c1-13(2)14-3-5-16(6-4-14)23-31(26,27)17-11-15(12-30-17)18-21-19(29-22-18)20(25)24-7-9-28-10-8-24/h3-6,11-13,23H,7-10H2,1-2H3. The van der Waals surface area contributed by atoms with Gasteiger partial charge in [0.1, 0.15) is 4.21 Å². The van der Waals surface area contributed by atoms with E-state index in [9.17, 15) is 13.2 Å². The predicted molar refractivity (Wildman–Crippen MR) is 116 cm³/mol. The Bertz CT molecular complexity index is 1160. The SMILES string of the molecule is CC(C)c1ccc(NS(=O)(=O)c2cc(-c3noc(C(=O)N4CCOCC4)n3)cs2)cc1. The molecule has 11 heteroatoms. The minimum atomic E-state index is -3.77. The maximum atomic E-state index is 12.7. The van der Waals surface area contributed by atoms with Crippen LogP contribution in [0.2, 0.25) is 0 Å². The largest absolute Gasteiger partial charge is 0.378 e. The number of carbonyl (C=O) groups excluding carboxylic acids is 1. The third-order valence-electron chi connectivity index (χ3n) is 4.84. The number of anilines is 1. The third kappa shape index (κ3) is 4.78. The van der Waals surface area contributed by atoms with Crippen LogP contribution >= 0.6 is 11.3 Å². The monoisotopic (exact) mass is 462 g/mol. The minimum absolute atomic E-state index is 0.112. The number of aromatic nitrogens is 2. The van der Waals surface area contributed by atoms with Crippen molar-refractivity contribution in [1.29, 1.82) is 0 Å². The Balaban J connectivity index is 1.48. The summed E-state index contributed by atoms with van der Waals surface area (Å²) in [6, 6.07) is 8.74. The number of sulfonamides is 1. The quantitative estimate of drug-likeness (QED) is 0.598. The van der Waals surface area contributed by atoms with Crippen molar-refractivity contribution in [3.8, 4) is 11.4 Å². The summed E-state index contributed by atoms with van der Waals surface area (Å²) in [6.07, 6.45) is 0. The predicted octanol–water partition coefficient (Wildman–Crippen LogP) is 3.19. The number of hydrogen-bond donors (Lipinski definition) is 1. The number of thiophene rings is 1. The molecule has 1 saturated heterocycles. The fourth-order valence-electron chi connectivity index (χ4n) is 3.05. The maximum absolute atomic E-state index is 12.7. The number of hydrogen-bond acceptors (Lipinski definition) is 8. The number of ether oxygens (including phenoxy) is 1. The first-order chi connectivity index (χ1) is 14.8. The average molecular weight is 463 g/mol. The molecule has 0 spiro atoms. The van der Waals surface area contributed by atoms with Crippen molar-refractivity contribution in [2.45, 2.75) is 24.0 Å². The second-order valence-electron chi connectivity index (χ2n) is 7.36. The Morgan fingerprint density at radius 3 is 2.58 bits per heavy atom. The fourth-order valence-corrected chi connectivity index (χ4v) is 5.26. The molecule has 2 aromatic heterocycles. The molecule has 3 heterocycles. The minimum Gasteiger partial charge on any atom is -0.378 e. The van der Waals surface area contributed by atoms with Crippen LogP contribution in [-0.2, 0) is 14.8 Å². The van der Waals surface area contributed by atoms with E-state index in [0.29, 0.717) is 43.5 Å². The van der Waals surface area contributed by atoms with Crippen molar-refractivity contribution < 1.29 is 22.5 Å². The molecular formula is C20H22N4O5S2. The lowest BCUT2D eigenvalue weighted by atomic mass is 10.0. The summed E-state index contributed by atoms with van der Waals surface area (Å²) in [5, 5.41) is 5.45. The highest BCUT2D eigenvalue weighted by molar-refractivity contribution is 7.94. The number of amides is 1. The zero-order valence-corrected chi connectivity index (χ0v) is 18.7. The van der Waals surface area contributed by atoms with Gasteiger partial charge < -0.3 is 14.2 Å². The molecule has 1 amide bonds. The van der Waals surface area contributed by atoms with Crippen LogP contribution < -0.4 is 4.72 Å². The molecule has 4 rings (SSSR count). The number of nitrogens with one attached hydrogen (secondary N) is 1. The lowest BCUT2D eigenvalue weighted by molar-refractivity contribution is 0.0272. The molecule has 0 radical (unpaired) electrons. The van der Waals surface area contributed by atoms with Gasteiger partial charge >= 0.3 is 11.8 Å². The lowest BCUT2D eigenvalue weighted by Crippen LogP contribution is -2.40. The van der Waals surface area contributed by atoms with Crippen molar-refractivity contribution >= 4 is 33.0 Å². The Morgan fingerprint density at radius 2 is 1.90 bits per heavy atom. The molecular weight excluding hydrogens is 440 g/mol. The van der Waals surface area contributed by atoms with Gasteiger partial charge in [-0.25, -0.2) is 8.42 Å². The molecule has 3 aromatic rings. The van der Waals surface area contributed by atoms with E-state index in [0.717, 1.165) is 16.9 Å². The van der Waals surface area contributed by atoms with Gasteiger partial charge in [-0.05, 0) is 29.7 Å². The van der Waals surface area contributed by atoms with Crippen molar-refractivity contribution in [3.05, 3.63) is 47.2 Å². The summed E-state index contributed by atoms with van der Waals surface area (Å²) in [7, 11) is -3.77. The van der Waals surface area contributed by atoms with Crippen LogP contribution in [0, 0.1) is 0 Å². The van der Waals surface area contributed by atoms with E-state index in [1.165, 1.54) is 6.07 Å². The van der Waals surface area contributed by atoms with Crippen LogP contribution in [0.5, 0.6) is 0 Å². The number of benzene rings is 1. The van der Waals surface area contributed by atoms with Crippen molar-refractivity contribution in [3.63, 3.8) is 0 Å². The number of rotatable bonds is 6. The van der Waals surface area contributed by atoms with E-state index in [1.54, 1.807) is 22.4 Å². The van der Waals surface area contributed by atoms with E-state index in [2.05, 4.69) is 28.7 Å². The molecule has 0 unspecified atom stereocenters. The fraction of sp³-hybridized carbons (Fsp3) is 0.350. The van der Waals surface area contributed by atoms with Crippen LogP contribution in [0.25, 0.3) is 11.4 Å². The maximum Gasteiger partial charge on any atom is 0.316 e. The van der Waals surface area contributed by atoms with Crippen LogP contribution in [-0.4, -0.2) is 55.7 Å². The molecule has 9 nitrogen and oxygen atoms in total. The number of morpholine rings is 1. The summed E-state index contributed by atoms with van der Waals surface area (Å²) in [6.45, 7) is 5.99. The topological polar surface area (TPSA) is 115 Å². The number of nitrogens with zero attached hydrogens (tertiary/aromatic N) is 3. The van der Waals surface area contributed by atoms with E-state index in [1.807, 2.05) is 12.1 Å². The molecule has 0 atom stereocenters. The summed E-state index contributed by atoms with van der Waals surface area (Å²) in [4.78, 5) is 18.2. The van der Waals surface area contributed by atoms with E-state index in [-0.39, 0.29) is 21.8 Å². The van der Waals surface area contributed by atoms with Crippen LogP contribution in [0.3, 0.4) is 0 Å². The highest BCUT2D eigenvalue weighted by atomic mass is 32.2. The summed E-state index contributed by atoms with van der Waals surface area (Å²) in [5.41, 5.74) is 2.07. The molecule has 31 heavy (non-hydrogen) atoms. The Labute approximate surface area is 184 Å². The molecule has 1 aliphatic heterocycles. The van der Waals surface area contributed by atoms with Crippen LogP contribution in [0.4, 0.5) is 5.69 Å². The summed E-state index contributed by atoms with van der Waals surface area (Å²) < 4.78 is 38.5. The highest BCUT2D eigenvalue weighted by Gasteiger charge is 2.25. The molecule has 0 aliphatic carbocycles. The van der Waals surface area contributed by atoms with E-state index in [4.69, 9.17) is 9.26 Å². The van der Waals surface area contributed by atoms with Gasteiger partial charge in [0.2, 0.25) is 5.82 Å². The van der Waals surface area contributed by atoms with Gasteiger partial charge in [-0.3, -0.25) is 9.52 Å². The molecule has 0 bridgehead atoms. The van der Waals surface area contributed by atoms with E-state index >= 15 is 0 Å². The zero-order chi connectivity index (χ0) is 22.0.